The normalized spacial score (nSPS) is 10.8. The summed E-state index contributed by atoms with van der Waals surface area (Å²) in [5.41, 5.74) is 1.83. The van der Waals surface area contributed by atoms with E-state index >= 15 is 0 Å². The lowest BCUT2D eigenvalue weighted by Crippen LogP contribution is -2.27. The molecule has 1 amide bonds. The van der Waals surface area contributed by atoms with E-state index < -0.39 is 0 Å². The highest BCUT2D eigenvalue weighted by atomic mass is 19.1. The van der Waals surface area contributed by atoms with Crippen LogP contribution < -0.4 is 5.32 Å². The van der Waals surface area contributed by atoms with Crippen molar-refractivity contribution >= 4 is 11.9 Å². The van der Waals surface area contributed by atoms with Crippen molar-refractivity contribution in [3.05, 3.63) is 47.5 Å². The minimum Gasteiger partial charge on any atom is -0.463 e. The number of aromatic nitrogens is 2. The van der Waals surface area contributed by atoms with Crippen molar-refractivity contribution in [2.45, 2.75) is 39.7 Å². The largest absolute Gasteiger partial charge is 0.463 e. The molecular formula is C18H22FN3O3. The number of amides is 1. The van der Waals surface area contributed by atoms with Crippen LogP contribution in [-0.2, 0) is 16.0 Å². The third kappa shape index (κ3) is 4.89. The van der Waals surface area contributed by atoms with Gasteiger partial charge in [-0.05, 0) is 44.5 Å². The molecule has 1 aromatic carbocycles. The van der Waals surface area contributed by atoms with Gasteiger partial charge in [0.1, 0.15) is 5.82 Å². The number of carbonyl (C=O) groups is 2. The van der Waals surface area contributed by atoms with Crippen molar-refractivity contribution in [3.63, 3.8) is 0 Å². The fraction of sp³-hybridized carbons (Fsp3) is 0.389. The Labute approximate surface area is 146 Å². The molecule has 1 N–H and O–H groups in total. The van der Waals surface area contributed by atoms with Gasteiger partial charge in [0.2, 0.25) is 0 Å². The zero-order valence-corrected chi connectivity index (χ0v) is 14.6. The van der Waals surface area contributed by atoms with Gasteiger partial charge in [0.15, 0.2) is 0 Å². The van der Waals surface area contributed by atoms with Crippen molar-refractivity contribution in [3.8, 4) is 5.69 Å². The van der Waals surface area contributed by atoms with Gasteiger partial charge in [-0.1, -0.05) is 6.92 Å². The SMILES string of the molecule is CCc1c(C(=O)NCCC(=O)OC(C)C)cnn1-c1ccc(F)cc1. The molecule has 0 bridgehead atoms. The lowest BCUT2D eigenvalue weighted by molar-refractivity contribution is -0.147. The van der Waals surface area contributed by atoms with Crippen LogP contribution in [0.25, 0.3) is 5.69 Å². The second-order valence-electron chi connectivity index (χ2n) is 5.79. The van der Waals surface area contributed by atoms with Crippen molar-refractivity contribution in [1.82, 2.24) is 15.1 Å². The molecule has 0 unspecified atom stereocenters. The Morgan fingerprint density at radius 2 is 1.96 bits per heavy atom. The highest BCUT2D eigenvalue weighted by molar-refractivity contribution is 5.95. The molecule has 25 heavy (non-hydrogen) atoms. The fourth-order valence-corrected chi connectivity index (χ4v) is 2.40. The average molecular weight is 347 g/mol. The summed E-state index contributed by atoms with van der Waals surface area (Å²) in [6.45, 7) is 5.64. The molecule has 1 heterocycles. The molecule has 0 saturated heterocycles. The van der Waals surface area contributed by atoms with E-state index in [1.54, 1.807) is 30.7 Å². The van der Waals surface area contributed by atoms with Crippen LogP contribution in [0.15, 0.2) is 30.5 Å². The molecule has 2 rings (SSSR count). The Balaban J connectivity index is 2.05. The van der Waals surface area contributed by atoms with Gasteiger partial charge in [0, 0.05) is 6.54 Å². The molecule has 6 nitrogen and oxygen atoms in total. The number of benzene rings is 1. The highest BCUT2D eigenvalue weighted by Gasteiger charge is 2.17. The van der Waals surface area contributed by atoms with E-state index in [4.69, 9.17) is 4.74 Å². The fourth-order valence-electron chi connectivity index (χ4n) is 2.40. The number of ether oxygens (including phenoxy) is 1. The number of hydrogen-bond donors (Lipinski definition) is 1. The highest BCUT2D eigenvalue weighted by Crippen LogP contribution is 2.16. The maximum absolute atomic E-state index is 13.1. The Hall–Kier alpha value is -2.70. The summed E-state index contributed by atoms with van der Waals surface area (Å²) in [6, 6.07) is 5.89. The summed E-state index contributed by atoms with van der Waals surface area (Å²) in [6.07, 6.45) is 1.99. The molecule has 0 saturated carbocycles. The van der Waals surface area contributed by atoms with E-state index in [0.717, 1.165) is 0 Å². The van der Waals surface area contributed by atoms with E-state index in [-0.39, 0.29) is 36.8 Å². The minimum absolute atomic E-state index is 0.109. The summed E-state index contributed by atoms with van der Waals surface area (Å²) in [4.78, 5) is 23.8. The number of esters is 1. The monoisotopic (exact) mass is 347 g/mol. The van der Waals surface area contributed by atoms with Gasteiger partial charge in [0.25, 0.3) is 5.91 Å². The molecule has 1 aromatic heterocycles. The molecule has 2 aromatic rings. The summed E-state index contributed by atoms with van der Waals surface area (Å²) in [5.74, 6) is -0.990. The van der Waals surface area contributed by atoms with E-state index in [1.807, 2.05) is 6.92 Å². The van der Waals surface area contributed by atoms with Crippen LogP contribution in [0.4, 0.5) is 4.39 Å². The summed E-state index contributed by atoms with van der Waals surface area (Å²) in [7, 11) is 0. The topological polar surface area (TPSA) is 73.2 Å². The lowest BCUT2D eigenvalue weighted by atomic mass is 10.2. The van der Waals surface area contributed by atoms with Crippen molar-refractivity contribution in [1.29, 1.82) is 0 Å². The van der Waals surface area contributed by atoms with Crippen molar-refractivity contribution < 1.29 is 18.7 Å². The standard InChI is InChI=1S/C18H22FN3O3/c1-4-16-15(18(24)20-10-9-17(23)25-12(2)3)11-21-22(16)14-7-5-13(19)6-8-14/h5-8,11-12H,4,9-10H2,1-3H3,(H,20,24). The van der Waals surface area contributed by atoms with E-state index in [0.29, 0.717) is 23.4 Å². The first kappa shape index (κ1) is 18.6. The summed E-state index contributed by atoms with van der Waals surface area (Å²) >= 11 is 0. The molecular weight excluding hydrogens is 325 g/mol. The molecule has 0 aliphatic carbocycles. The molecule has 0 atom stereocenters. The third-order valence-corrected chi connectivity index (χ3v) is 3.50. The van der Waals surface area contributed by atoms with Crippen molar-refractivity contribution in [2.24, 2.45) is 0 Å². The number of carbonyl (C=O) groups excluding carboxylic acids is 2. The molecule has 7 heteroatoms. The maximum Gasteiger partial charge on any atom is 0.307 e. The van der Waals surface area contributed by atoms with Crippen LogP contribution in [-0.4, -0.2) is 34.3 Å². The zero-order valence-electron chi connectivity index (χ0n) is 14.6. The molecule has 0 aliphatic rings. The number of nitrogens with one attached hydrogen (secondary N) is 1. The zero-order chi connectivity index (χ0) is 18.4. The van der Waals surface area contributed by atoms with Gasteiger partial charge in [-0.3, -0.25) is 9.59 Å². The smallest absolute Gasteiger partial charge is 0.307 e. The molecule has 0 aliphatic heterocycles. The maximum atomic E-state index is 13.1. The van der Waals surface area contributed by atoms with Crippen molar-refractivity contribution in [2.75, 3.05) is 6.54 Å². The van der Waals surface area contributed by atoms with Gasteiger partial charge in [0.05, 0.1) is 35.7 Å². The Kier molecular flexibility index (Phi) is 6.27. The first-order valence-electron chi connectivity index (χ1n) is 8.22. The predicted molar refractivity (Wildman–Crippen MR) is 91.1 cm³/mol. The van der Waals surface area contributed by atoms with E-state index in [2.05, 4.69) is 10.4 Å². The van der Waals surface area contributed by atoms with Crippen LogP contribution in [0.2, 0.25) is 0 Å². The van der Waals surface area contributed by atoms with Gasteiger partial charge < -0.3 is 10.1 Å². The molecule has 134 valence electrons. The minimum atomic E-state index is -0.354. The third-order valence-electron chi connectivity index (χ3n) is 3.50. The van der Waals surface area contributed by atoms with Gasteiger partial charge >= 0.3 is 5.97 Å². The summed E-state index contributed by atoms with van der Waals surface area (Å²) in [5, 5.41) is 6.93. The Morgan fingerprint density at radius 3 is 2.56 bits per heavy atom. The van der Waals surface area contributed by atoms with E-state index in [9.17, 15) is 14.0 Å². The second-order valence-corrected chi connectivity index (χ2v) is 5.79. The van der Waals surface area contributed by atoms with Crippen LogP contribution in [0, 0.1) is 5.82 Å². The van der Waals surface area contributed by atoms with Crippen LogP contribution in [0.1, 0.15) is 43.2 Å². The Bertz CT molecular complexity index is 739. The Morgan fingerprint density at radius 1 is 1.28 bits per heavy atom. The predicted octanol–water partition coefficient (Wildman–Crippen LogP) is 2.65. The number of hydrogen-bond acceptors (Lipinski definition) is 4. The average Bonchev–Trinajstić information content (AvgIpc) is 2.98. The quantitative estimate of drug-likeness (QED) is 0.782. The summed E-state index contributed by atoms with van der Waals surface area (Å²) < 4.78 is 19.7. The first-order chi connectivity index (χ1) is 11.9. The molecule has 0 spiro atoms. The molecule has 0 fully saturated rings. The lowest BCUT2D eigenvalue weighted by Gasteiger charge is -2.09. The van der Waals surface area contributed by atoms with Crippen LogP contribution in [0.3, 0.4) is 0 Å². The van der Waals surface area contributed by atoms with Gasteiger partial charge in [-0.25, -0.2) is 9.07 Å². The number of halogens is 1. The first-order valence-corrected chi connectivity index (χ1v) is 8.22. The van der Waals surface area contributed by atoms with Gasteiger partial charge in [-0.15, -0.1) is 0 Å². The van der Waals surface area contributed by atoms with Crippen LogP contribution >= 0.6 is 0 Å². The molecule has 0 radical (unpaired) electrons. The second kappa shape index (κ2) is 8.41. The van der Waals surface area contributed by atoms with Gasteiger partial charge in [-0.2, -0.15) is 5.10 Å². The van der Waals surface area contributed by atoms with E-state index in [1.165, 1.54) is 18.3 Å². The number of nitrogens with zero attached hydrogens (tertiary/aromatic N) is 2. The van der Waals surface area contributed by atoms with Crippen LogP contribution in [0.5, 0.6) is 0 Å². The number of rotatable bonds is 7.